The lowest BCUT2D eigenvalue weighted by atomic mass is 9.98. The van der Waals surface area contributed by atoms with Gasteiger partial charge in [-0.25, -0.2) is 8.42 Å². The second-order valence-electron chi connectivity index (χ2n) is 23.5. The van der Waals surface area contributed by atoms with Gasteiger partial charge in [0.15, 0.2) is 0 Å². The summed E-state index contributed by atoms with van der Waals surface area (Å²) in [7, 11) is -4.34. The molecule has 0 heterocycles. The summed E-state index contributed by atoms with van der Waals surface area (Å²) in [5.74, 6) is -6.06. The fourth-order valence-electron chi connectivity index (χ4n) is 9.39. The SMILES string of the molecule is CC(C)C[C@H](NC(=O)[C@H](CC(C)C)NC(=O)[C@H](CCCCN)NC(=O)[C@H](CCCCN)NC(=O)[C@H](CC(C)C)NC(=O)[C@H](CC(C)C)NC(=O)[C@H](CCCCN)NC(=O)CN(C[C@@H](N)Cc1ccccc1)S(=O)(=O)c1ccc(Cl)cc1)C(N)=O. The Kier molecular flexibility index (Phi) is 34.5. The van der Waals surface area contributed by atoms with Gasteiger partial charge in [-0.05, 0) is 163 Å². The molecule has 8 amide bonds. The van der Waals surface area contributed by atoms with Crippen LogP contribution in [0.4, 0.5) is 0 Å². The van der Waals surface area contributed by atoms with Crippen molar-refractivity contribution >= 4 is 68.9 Å². The topological polar surface area (TPSA) is 388 Å². The Bertz CT molecular complexity index is 2470. The summed E-state index contributed by atoms with van der Waals surface area (Å²) in [6, 6.07) is 5.78. The number of nitrogens with zero attached hydrogens (tertiary/aromatic N) is 1. The zero-order valence-corrected chi connectivity index (χ0v) is 52.3. The molecular formula is C59H100ClN13O10S. The number of unbranched alkanes of at least 4 members (excludes halogenated alkanes) is 3. The number of hydrogen-bond donors (Lipinski definition) is 12. The zero-order chi connectivity index (χ0) is 63.1. The molecule has 0 aliphatic rings. The van der Waals surface area contributed by atoms with Crippen LogP contribution in [0.25, 0.3) is 0 Å². The van der Waals surface area contributed by atoms with Crippen LogP contribution in [-0.4, -0.2) is 141 Å². The molecule has 2 rings (SSSR count). The van der Waals surface area contributed by atoms with Gasteiger partial charge in [-0.3, -0.25) is 38.4 Å². The molecule has 17 N–H and O–H groups in total. The fourth-order valence-corrected chi connectivity index (χ4v) is 11.0. The summed E-state index contributed by atoms with van der Waals surface area (Å²) >= 11 is 6.09. The Morgan fingerprint density at radius 3 is 1.17 bits per heavy atom. The number of hydrogen-bond acceptors (Lipinski definition) is 14. The monoisotopic (exact) mass is 1220 g/mol. The van der Waals surface area contributed by atoms with Crippen LogP contribution in [0, 0.1) is 23.7 Å². The van der Waals surface area contributed by atoms with Crippen molar-refractivity contribution in [3.63, 3.8) is 0 Å². The van der Waals surface area contributed by atoms with Crippen LogP contribution in [0.5, 0.6) is 0 Å². The van der Waals surface area contributed by atoms with E-state index in [9.17, 15) is 46.8 Å². The van der Waals surface area contributed by atoms with Crippen molar-refractivity contribution in [3.8, 4) is 0 Å². The van der Waals surface area contributed by atoms with Crippen LogP contribution in [-0.2, 0) is 54.8 Å². The third-order valence-corrected chi connectivity index (χ3v) is 15.8. The van der Waals surface area contributed by atoms with Gasteiger partial charge < -0.3 is 65.9 Å². The first-order valence-corrected chi connectivity index (χ1v) is 31.5. The average molecular weight is 1220 g/mol. The Labute approximate surface area is 503 Å². The van der Waals surface area contributed by atoms with Gasteiger partial charge in [0.05, 0.1) is 11.4 Å². The van der Waals surface area contributed by atoms with Gasteiger partial charge >= 0.3 is 0 Å². The Hall–Kier alpha value is -5.76. The van der Waals surface area contributed by atoms with Gasteiger partial charge in [-0.1, -0.05) is 97.3 Å². The molecule has 0 aliphatic heterocycles. The van der Waals surface area contributed by atoms with Gasteiger partial charge in [0.25, 0.3) is 0 Å². The summed E-state index contributed by atoms with van der Waals surface area (Å²) in [4.78, 5) is 112. The first-order chi connectivity index (χ1) is 39.6. The third-order valence-electron chi connectivity index (χ3n) is 13.7. The van der Waals surface area contributed by atoms with Crippen LogP contribution in [0.1, 0.15) is 144 Å². The predicted molar refractivity (Wildman–Crippen MR) is 328 cm³/mol. The van der Waals surface area contributed by atoms with Crippen molar-refractivity contribution in [1.29, 1.82) is 0 Å². The number of primary amides is 1. The maximum Gasteiger partial charge on any atom is 0.243 e. The van der Waals surface area contributed by atoms with E-state index in [1.807, 2.05) is 85.7 Å². The predicted octanol–water partition coefficient (Wildman–Crippen LogP) is 2.35. The highest BCUT2D eigenvalue weighted by molar-refractivity contribution is 7.89. The molecule has 474 valence electrons. The summed E-state index contributed by atoms with van der Waals surface area (Å²) in [6.07, 6.45) is 4.01. The van der Waals surface area contributed by atoms with Gasteiger partial charge in [-0.2, -0.15) is 4.31 Å². The molecule has 23 nitrogen and oxygen atoms in total. The first kappa shape index (κ1) is 74.3. The molecule has 0 unspecified atom stereocenters. The molecule has 2 aromatic carbocycles. The lowest BCUT2D eigenvalue weighted by Crippen LogP contribution is -2.60. The standard InChI is InChI=1S/C59H100ClN13O10S/c1-37(2)30-48(53(65)75)69-58(80)50(32-39(5)6)71-56(78)47(22-14-17-29-63)67-55(77)46(21-13-16-28-62)68-57(79)49(31-38(3)4)72-59(81)51(33-40(7)8)70-54(76)45(20-12-15-27-61)66-52(74)36-73(35-43(64)34-41-18-10-9-11-19-41)84(82,83)44-25-23-42(60)24-26-44/h9-11,18-19,23-26,37-40,43,45-51H,12-17,20-22,27-36,61-64H2,1-8H3,(H2,65,75)(H,66,74)(H,67,77)(H,68,79)(H,69,80)(H,70,76)(H,71,78)(H,72,81)/t43-,45-,46-,47-,48-,49-,50-,51-/m0/s1. The molecule has 25 heteroatoms. The van der Waals surface area contributed by atoms with E-state index in [1.165, 1.54) is 24.3 Å². The number of rotatable bonds is 42. The molecule has 8 atom stereocenters. The molecular weight excluding hydrogens is 1120 g/mol. The Morgan fingerprint density at radius 1 is 0.476 bits per heavy atom. The largest absolute Gasteiger partial charge is 0.368 e. The van der Waals surface area contributed by atoms with E-state index in [2.05, 4.69) is 37.2 Å². The number of nitrogens with one attached hydrogen (secondary N) is 7. The Morgan fingerprint density at radius 2 is 0.810 bits per heavy atom. The minimum Gasteiger partial charge on any atom is -0.368 e. The minimum absolute atomic E-state index is 0.0254. The van der Waals surface area contributed by atoms with E-state index in [0.29, 0.717) is 63.1 Å². The molecule has 0 aliphatic carbocycles. The second-order valence-corrected chi connectivity index (χ2v) is 25.8. The zero-order valence-electron chi connectivity index (χ0n) is 50.8. The van der Waals surface area contributed by atoms with Crippen LogP contribution >= 0.6 is 11.6 Å². The van der Waals surface area contributed by atoms with Crippen molar-refractivity contribution < 1.29 is 46.8 Å². The maximum atomic E-state index is 14.5. The van der Waals surface area contributed by atoms with Crippen molar-refractivity contribution in [2.75, 3.05) is 32.7 Å². The van der Waals surface area contributed by atoms with Crippen molar-refractivity contribution in [1.82, 2.24) is 41.5 Å². The number of amides is 8. The van der Waals surface area contributed by atoms with Crippen molar-refractivity contribution in [2.45, 2.75) is 199 Å². The molecule has 0 saturated heterocycles. The summed E-state index contributed by atoms with van der Waals surface area (Å²) in [5, 5.41) is 19.7. The number of sulfonamides is 1. The molecule has 0 radical (unpaired) electrons. The molecule has 0 spiro atoms. The van der Waals surface area contributed by atoms with Gasteiger partial charge in [0.1, 0.15) is 42.3 Å². The highest BCUT2D eigenvalue weighted by Crippen LogP contribution is 2.20. The van der Waals surface area contributed by atoms with Crippen molar-refractivity contribution in [2.24, 2.45) is 52.3 Å². The van der Waals surface area contributed by atoms with Crippen molar-refractivity contribution in [3.05, 3.63) is 65.2 Å². The minimum atomic E-state index is -4.34. The van der Waals surface area contributed by atoms with Crippen LogP contribution in [0.2, 0.25) is 5.02 Å². The molecule has 0 aromatic heterocycles. The lowest BCUT2D eigenvalue weighted by molar-refractivity contribution is -0.136. The van der Waals surface area contributed by atoms with E-state index >= 15 is 0 Å². The molecule has 2 aromatic rings. The highest BCUT2D eigenvalue weighted by Gasteiger charge is 2.36. The van der Waals surface area contributed by atoms with E-state index in [-0.39, 0.29) is 86.6 Å². The Balaban J connectivity index is 2.46. The fraction of sp³-hybridized carbons (Fsp3) is 0.661. The number of halogens is 1. The second kappa shape index (κ2) is 39.0. The lowest BCUT2D eigenvalue weighted by Gasteiger charge is -2.29. The number of nitrogens with two attached hydrogens (primary N) is 5. The highest BCUT2D eigenvalue weighted by atomic mass is 35.5. The number of benzene rings is 2. The molecule has 84 heavy (non-hydrogen) atoms. The summed E-state index contributed by atoms with van der Waals surface area (Å²) in [6.45, 7) is 14.8. The van der Waals surface area contributed by atoms with E-state index < -0.39 is 112 Å². The molecule has 0 fully saturated rings. The number of carbonyl (C=O) groups is 8. The van der Waals surface area contributed by atoms with E-state index in [4.69, 9.17) is 40.3 Å². The maximum absolute atomic E-state index is 14.5. The van der Waals surface area contributed by atoms with E-state index in [1.54, 1.807) is 0 Å². The van der Waals surface area contributed by atoms with Gasteiger partial charge in [-0.15, -0.1) is 0 Å². The van der Waals surface area contributed by atoms with Crippen LogP contribution in [0.15, 0.2) is 59.5 Å². The van der Waals surface area contributed by atoms with Crippen LogP contribution in [0.3, 0.4) is 0 Å². The average Bonchev–Trinajstić information content (AvgIpc) is 3.62. The molecule has 0 saturated carbocycles. The summed E-state index contributed by atoms with van der Waals surface area (Å²) in [5.41, 5.74) is 30.5. The first-order valence-electron chi connectivity index (χ1n) is 29.7. The smallest absolute Gasteiger partial charge is 0.243 e. The van der Waals surface area contributed by atoms with Gasteiger partial charge in [0, 0.05) is 17.6 Å². The van der Waals surface area contributed by atoms with Crippen LogP contribution < -0.4 is 65.9 Å². The summed E-state index contributed by atoms with van der Waals surface area (Å²) < 4.78 is 29.2. The quantitative estimate of drug-likeness (QED) is 0.0425. The third kappa shape index (κ3) is 28.4. The molecule has 0 bridgehead atoms. The normalized spacial score (nSPS) is 14.6. The van der Waals surface area contributed by atoms with E-state index in [0.717, 1.165) is 9.87 Å². The van der Waals surface area contributed by atoms with Gasteiger partial charge in [0.2, 0.25) is 57.3 Å². The number of carbonyl (C=O) groups excluding carboxylic acids is 8.